The van der Waals surface area contributed by atoms with E-state index in [9.17, 15) is 14.7 Å². The van der Waals surface area contributed by atoms with Gasteiger partial charge in [0.05, 0.1) is 11.5 Å². The van der Waals surface area contributed by atoms with E-state index in [1.54, 1.807) is 36.4 Å². The van der Waals surface area contributed by atoms with Crippen LogP contribution < -0.4 is 4.74 Å². The molecule has 1 atom stereocenters. The number of thiocarbonyl (C=S) groups is 1. The molecule has 126 valence electrons. The first-order valence-electron chi connectivity index (χ1n) is 6.93. The molecule has 2 N–H and O–H groups in total. The fourth-order valence-electron chi connectivity index (χ4n) is 2.04. The summed E-state index contributed by atoms with van der Waals surface area (Å²) < 4.78 is 5.62. The van der Waals surface area contributed by atoms with Gasteiger partial charge in [-0.15, -0.1) is 0 Å². The van der Waals surface area contributed by atoms with Crippen LogP contribution in [0.2, 0.25) is 0 Å². The summed E-state index contributed by atoms with van der Waals surface area (Å²) in [6.45, 7) is 3.19. The van der Waals surface area contributed by atoms with E-state index in [2.05, 4.69) is 6.58 Å². The van der Waals surface area contributed by atoms with Crippen LogP contribution in [0.15, 0.2) is 41.8 Å². The molecule has 1 aliphatic rings. The summed E-state index contributed by atoms with van der Waals surface area (Å²) in [6.07, 6.45) is 3.20. The zero-order valence-corrected chi connectivity index (χ0v) is 14.2. The molecular weight excluding hydrogens is 350 g/mol. The van der Waals surface area contributed by atoms with Gasteiger partial charge in [0.2, 0.25) is 0 Å². The van der Waals surface area contributed by atoms with Gasteiger partial charge in [-0.25, -0.2) is 4.79 Å². The third-order valence-electron chi connectivity index (χ3n) is 3.16. The predicted molar refractivity (Wildman–Crippen MR) is 95.7 cm³/mol. The third-order valence-corrected chi connectivity index (χ3v) is 4.49. The van der Waals surface area contributed by atoms with Crippen LogP contribution in [0.1, 0.15) is 5.56 Å². The lowest BCUT2D eigenvalue weighted by Gasteiger charge is -2.20. The second-order valence-electron chi connectivity index (χ2n) is 4.73. The highest BCUT2D eigenvalue weighted by Gasteiger charge is 2.40. The number of hydrogen-bond acceptors (Lipinski definition) is 6. The SMILES string of the molecule is C=CCOc1ccccc1/C=C1\SC(=S)N([C@@H](CO)C(=O)O)C1=O. The van der Waals surface area contributed by atoms with E-state index in [1.165, 1.54) is 0 Å². The number of thioether (sulfide) groups is 1. The number of amides is 1. The standard InChI is InChI=1S/C16H15NO5S2/c1-2-7-22-12-6-4-3-5-10(12)8-13-14(19)17(16(23)24-13)11(9-18)15(20)21/h2-6,8,11,18H,1,7,9H2,(H,20,21)/b13-8-/t11-/m0/s1. The van der Waals surface area contributed by atoms with Crippen molar-refractivity contribution in [3.8, 4) is 5.75 Å². The number of carbonyl (C=O) groups excluding carboxylic acids is 1. The first kappa shape index (κ1) is 18.2. The molecular formula is C16H15NO5S2. The molecule has 1 amide bonds. The molecule has 24 heavy (non-hydrogen) atoms. The number of aliphatic carboxylic acids is 1. The first-order chi connectivity index (χ1) is 11.5. The van der Waals surface area contributed by atoms with E-state index >= 15 is 0 Å². The van der Waals surface area contributed by atoms with Crippen LogP contribution in [0.25, 0.3) is 6.08 Å². The number of hydrogen-bond donors (Lipinski definition) is 2. The van der Waals surface area contributed by atoms with Gasteiger partial charge in [0.25, 0.3) is 5.91 Å². The zero-order chi connectivity index (χ0) is 17.7. The van der Waals surface area contributed by atoms with Crippen molar-refractivity contribution in [3.05, 3.63) is 47.4 Å². The molecule has 0 radical (unpaired) electrons. The minimum absolute atomic E-state index is 0.0946. The molecule has 1 saturated heterocycles. The molecule has 1 heterocycles. The summed E-state index contributed by atoms with van der Waals surface area (Å²) in [7, 11) is 0. The van der Waals surface area contributed by atoms with Crippen molar-refractivity contribution in [2.45, 2.75) is 6.04 Å². The number of aliphatic hydroxyl groups excluding tert-OH is 1. The van der Waals surface area contributed by atoms with Gasteiger partial charge in [0.15, 0.2) is 6.04 Å². The Hall–Kier alpha value is -2.16. The van der Waals surface area contributed by atoms with Crippen molar-refractivity contribution in [3.63, 3.8) is 0 Å². The lowest BCUT2D eigenvalue weighted by molar-refractivity contribution is -0.146. The van der Waals surface area contributed by atoms with Gasteiger partial charge in [0, 0.05) is 5.56 Å². The largest absolute Gasteiger partial charge is 0.489 e. The summed E-state index contributed by atoms with van der Waals surface area (Å²) in [5, 5.41) is 18.3. The van der Waals surface area contributed by atoms with E-state index in [4.69, 9.17) is 22.1 Å². The molecule has 1 aliphatic heterocycles. The smallest absolute Gasteiger partial charge is 0.329 e. The molecule has 2 rings (SSSR count). The third kappa shape index (κ3) is 3.84. The lowest BCUT2D eigenvalue weighted by Crippen LogP contribution is -2.46. The van der Waals surface area contributed by atoms with E-state index in [-0.39, 0.29) is 9.23 Å². The first-order valence-corrected chi connectivity index (χ1v) is 8.15. The highest BCUT2D eigenvalue weighted by molar-refractivity contribution is 8.26. The van der Waals surface area contributed by atoms with E-state index in [0.717, 1.165) is 16.7 Å². The summed E-state index contributed by atoms with van der Waals surface area (Å²) in [5.74, 6) is -1.30. The van der Waals surface area contributed by atoms with Gasteiger partial charge in [-0.05, 0) is 12.1 Å². The summed E-state index contributed by atoms with van der Waals surface area (Å²) in [6, 6.07) is 5.72. The molecule has 0 bridgehead atoms. The summed E-state index contributed by atoms with van der Waals surface area (Å²) >= 11 is 6.07. The fraction of sp³-hybridized carbons (Fsp3) is 0.188. The Kier molecular flexibility index (Phi) is 6.13. The van der Waals surface area contributed by atoms with Crippen molar-refractivity contribution in [1.29, 1.82) is 0 Å². The van der Waals surface area contributed by atoms with Gasteiger partial charge in [-0.1, -0.05) is 54.8 Å². The molecule has 0 aliphatic carbocycles. The highest BCUT2D eigenvalue weighted by Crippen LogP contribution is 2.35. The van der Waals surface area contributed by atoms with Crippen molar-refractivity contribution >= 4 is 46.3 Å². The minimum atomic E-state index is -1.39. The number of carbonyl (C=O) groups is 2. The normalized spacial score (nSPS) is 17.2. The Balaban J connectivity index is 2.32. The van der Waals surface area contributed by atoms with E-state index in [1.807, 2.05) is 0 Å². The van der Waals surface area contributed by atoms with E-state index < -0.39 is 24.5 Å². The predicted octanol–water partition coefficient (Wildman–Crippen LogP) is 1.90. The van der Waals surface area contributed by atoms with Gasteiger partial charge < -0.3 is 14.9 Å². The fourth-order valence-corrected chi connectivity index (χ4v) is 3.39. The van der Waals surface area contributed by atoms with Gasteiger partial charge in [-0.2, -0.15) is 0 Å². The summed E-state index contributed by atoms with van der Waals surface area (Å²) in [5.41, 5.74) is 0.663. The average Bonchev–Trinajstić information content (AvgIpc) is 2.82. The number of carboxylic acid groups (broad SMARTS) is 1. The molecule has 8 heteroatoms. The molecule has 1 aromatic carbocycles. The van der Waals surface area contributed by atoms with Crippen molar-refractivity contribution in [2.75, 3.05) is 13.2 Å². The Morgan fingerprint density at radius 2 is 2.17 bits per heavy atom. The quantitative estimate of drug-likeness (QED) is 0.433. The molecule has 1 aromatic rings. The van der Waals surface area contributed by atoms with E-state index in [0.29, 0.717) is 17.9 Å². The maximum Gasteiger partial charge on any atom is 0.329 e. The topological polar surface area (TPSA) is 87.1 Å². The van der Waals surface area contributed by atoms with Gasteiger partial charge >= 0.3 is 5.97 Å². The van der Waals surface area contributed by atoms with Crippen LogP contribution in [0.4, 0.5) is 0 Å². The molecule has 1 fully saturated rings. The Morgan fingerprint density at radius 3 is 2.79 bits per heavy atom. The number of para-hydroxylation sites is 1. The van der Waals surface area contributed by atoms with Crippen LogP contribution >= 0.6 is 24.0 Å². The van der Waals surface area contributed by atoms with Crippen molar-refractivity contribution < 1.29 is 24.5 Å². The van der Waals surface area contributed by atoms with Gasteiger partial charge in [-0.3, -0.25) is 9.69 Å². The molecule has 6 nitrogen and oxygen atoms in total. The Morgan fingerprint density at radius 1 is 1.46 bits per heavy atom. The lowest BCUT2D eigenvalue weighted by atomic mass is 10.1. The number of aliphatic hydroxyl groups is 1. The van der Waals surface area contributed by atoms with Crippen molar-refractivity contribution in [1.82, 2.24) is 4.90 Å². The number of ether oxygens (including phenoxy) is 1. The molecule has 0 aromatic heterocycles. The van der Waals surface area contributed by atoms with Gasteiger partial charge in [0.1, 0.15) is 16.7 Å². The van der Waals surface area contributed by atoms with Crippen LogP contribution in [0.3, 0.4) is 0 Å². The number of nitrogens with zero attached hydrogens (tertiary/aromatic N) is 1. The second-order valence-corrected chi connectivity index (χ2v) is 6.40. The van der Waals surface area contributed by atoms with Crippen LogP contribution in [-0.2, 0) is 9.59 Å². The van der Waals surface area contributed by atoms with Crippen molar-refractivity contribution in [2.24, 2.45) is 0 Å². The van der Waals surface area contributed by atoms with Crippen LogP contribution in [0, 0.1) is 0 Å². The number of rotatable bonds is 7. The number of benzene rings is 1. The molecule has 0 unspecified atom stereocenters. The maximum absolute atomic E-state index is 12.5. The molecule has 0 spiro atoms. The monoisotopic (exact) mass is 365 g/mol. The zero-order valence-electron chi connectivity index (χ0n) is 12.5. The minimum Gasteiger partial charge on any atom is -0.489 e. The second kappa shape index (κ2) is 8.09. The van der Waals surface area contributed by atoms with Crippen LogP contribution in [0.5, 0.6) is 5.75 Å². The number of carboxylic acids is 1. The molecule has 0 saturated carbocycles. The maximum atomic E-state index is 12.5. The van der Waals surface area contributed by atoms with Crippen LogP contribution in [-0.4, -0.2) is 50.6 Å². The highest BCUT2D eigenvalue weighted by atomic mass is 32.2. The average molecular weight is 365 g/mol. The Labute approximate surface area is 148 Å². The summed E-state index contributed by atoms with van der Waals surface area (Å²) in [4.78, 5) is 24.8. The Bertz CT molecular complexity index is 716.